The normalized spacial score (nSPS) is 43.4. The Hall–Kier alpha value is -0.910. The topological polar surface area (TPSA) is 61.8 Å². The van der Waals surface area contributed by atoms with Gasteiger partial charge in [-0.1, -0.05) is 12.5 Å². The van der Waals surface area contributed by atoms with Crippen molar-refractivity contribution in [2.45, 2.75) is 57.7 Å². The number of hydrogen-bond acceptors (Lipinski definition) is 5. The Balaban J connectivity index is 1.63. The summed E-state index contributed by atoms with van der Waals surface area (Å²) in [4.78, 5) is 14.9. The molecule has 2 heterocycles. The zero-order valence-electron chi connectivity index (χ0n) is 14.9. The van der Waals surface area contributed by atoms with E-state index in [4.69, 9.17) is 4.74 Å². The van der Waals surface area contributed by atoms with E-state index in [1.54, 1.807) is 0 Å². The summed E-state index contributed by atoms with van der Waals surface area (Å²) in [6.07, 6.45) is 4.63. The van der Waals surface area contributed by atoms with Gasteiger partial charge in [0.25, 0.3) is 0 Å². The molecular formula is C19H30N2O3. The number of esters is 1. The van der Waals surface area contributed by atoms with E-state index in [0.717, 1.165) is 45.4 Å². The molecule has 2 N–H and O–H groups in total. The van der Waals surface area contributed by atoms with E-state index in [9.17, 15) is 9.90 Å². The number of hydrogen-bond donors (Lipinski definition) is 2. The fraction of sp³-hybridized carbons (Fsp3) is 0.842. The summed E-state index contributed by atoms with van der Waals surface area (Å²) in [5.74, 6) is -0.608. The van der Waals surface area contributed by atoms with Crippen molar-refractivity contribution in [2.24, 2.45) is 11.3 Å². The number of nitrogens with zero attached hydrogens (tertiary/aromatic N) is 1. The van der Waals surface area contributed by atoms with Crippen LogP contribution < -0.4 is 5.32 Å². The van der Waals surface area contributed by atoms with Crippen LogP contribution in [0.3, 0.4) is 0 Å². The predicted octanol–water partition coefficient (Wildman–Crippen LogP) is 1.46. The van der Waals surface area contributed by atoms with E-state index in [0.29, 0.717) is 13.0 Å². The SMILES string of the molecule is CC1=C2[C@@H]3OC(=O)C(CN4CCNCC4)[C@]3(O)CC[C@@]2(C)CCC1. The van der Waals surface area contributed by atoms with Crippen LogP contribution in [0.15, 0.2) is 11.1 Å². The van der Waals surface area contributed by atoms with E-state index < -0.39 is 17.6 Å². The van der Waals surface area contributed by atoms with Crippen LogP contribution in [-0.4, -0.2) is 60.4 Å². The minimum Gasteiger partial charge on any atom is -0.454 e. The average Bonchev–Trinajstić information content (AvgIpc) is 2.80. The monoisotopic (exact) mass is 334 g/mol. The summed E-state index contributed by atoms with van der Waals surface area (Å²) in [7, 11) is 0. The van der Waals surface area contributed by atoms with Gasteiger partial charge in [-0.05, 0) is 50.0 Å². The Morgan fingerprint density at radius 3 is 2.79 bits per heavy atom. The lowest BCUT2D eigenvalue weighted by Crippen LogP contribution is -2.56. The van der Waals surface area contributed by atoms with Crippen LogP contribution in [0.2, 0.25) is 0 Å². The molecule has 4 aliphatic rings. The summed E-state index contributed by atoms with van der Waals surface area (Å²) >= 11 is 0. The zero-order chi connectivity index (χ0) is 16.9. The number of carbonyl (C=O) groups excluding carboxylic acids is 1. The molecule has 0 bridgehead atoms. The first-order chi connectivity index (χ1) is 11.4. The van der Waals surface area contributed by atoms with E-state index in [-0.39, 0.29) is 11.4 Å². The number of aliphatic hydroxyl groups is 1. The molecule has 2 aliphatic heterocycles. The maximum atomic E-state index is 12.7. The van der Waals surface area contributed by atoms with E-state index in [2.05, 4.69) is 24.1 Å². The second kappa shape index (κ2) is 5.82. The standard InChI is InChI=1S/C19H30N2O3/c1-13-4-3-5-18(2)6-7-19(23)14(12-21-10-8-20-9-11-21)17(22)24-16(19)15(13)18/h14,16,20,23H,3-12H2,1-2H3/t14?,16-,18+,19+/m0/s1. The zero-order valence-corrected chi connectivity index (χ0v) is 14.9. The highest BCUT2D eigenvalue weighted by molar-refractivity contribution is 5.78. The van der Waals surface area contributed by atoms with Crippen LogP contribution >= 0.6 is 0 Å². The lowest BCUT2D eigenvalue weighted by atomic mass is 9.58. The summed E-state index contributed by atoms with van der Waals surface area (Å²) in [5, 5.41) is 14.9. The number of fused-ring (bicyclic) bond motifs is 3. The molecule has 0 amide bonds. The van der Waals surface area contributed by atoms with Crippen molar-refractivity contribution in [3.05, 3.63) is 11.1 Å². The van der Waals surface area contributed by atoms with Gasteiger partial charge in [0.15, 0.2) is 6.10 Å². The van der Waals surface area contributed by atoms with Gasteiger partial charge >= 0.3 is 5.97 Å². The molecule has 0 aromatic rings. The van der Waals surface area contributed by atoms with E-state index in [1.807, 2.05) is 0 Å². The first-order valence-electron chi connectivity index (χ1n) is 9.50. The number of piperazine rings is 1. The molecule has 4 rings (SSSR count). The molecule has 4 atom stereocenters. The third-order valence-corrected chi connectivity index (χ3v) is 6.96. The number of carbonyl (C=O) groups is 1. The van der Waals surface area contributed by atoms with Gasteiger partial charge in [-0.2, -0.15) is 0 Å². The maximum absolute atomic E-state index is 12.7. The summed E-state index contributed by atoms with van der Waals surface area (Å²) in [6, 6.07) is 0. The molecule has 2 aliphatic carbocycles. The van der Waals surface area contributed by atoms with Crippen LogP contribution in [0.5, 0.6) is 0 Å². The minimum absolute atomic E-state index is 0.101. The summed E-state index contributed by atoms with van der Waals surface area (Å²) < 4.78 is 5.84. The second-order valence-electron chi connectivity index (χ2n) is 8.52. The molecule has 24 heavy (non-hydrogen) atoms. The number of nitrogens with one attached hydrogen (secondary N) is 1. The Bertz CT molecular complexity index is 569. The van der Waals surface area contributed by atoms with E-state index in [1.165, 1.54) is 17.6 Å². The van der Waals surface area contributed by atoms with Crippen LogP contribution in [-0.2, 0) is 9.53 Å². The molecule has 5 nitrogen and oxygen atoms in total. The van der Waals surface area contributed by atoms with Crippen molar-refractivity contribution < 1.29 is 14.6 Å². The molecule has 2 saturated heterocycles. The maximum Gasteiger partial charge on any atom is 0.314 e. The van der Waals surface area contributed by atoms with E-state index >= 15 is 0 Å². The first-order valence-corrected chi connectivity index (χ1v) is 9.50. The van der Waals surface area contributed by atoms with Crippen molar-refractivity contribution in [3.63, 3.8) is 0 Å². The Morgan fingerprint density at radius 2 is 2.04 bits per heavy atom. The Kier molecular flexibility index (Phi) is 4.01. The van der Waals surface area contributed by atoms with Crippen molar-refractivity contribution in [1.29, 1.82) is 0 Å². The third kappa shape index (κ3) is 2.44. The molecule has 1 unspecified atom stereocenters. The van der Waals surface area contributed by atoms with Gasteiger partial charge in [0.1, 0.15) is 11.5 Å². The van der Waals surface area contributed by atoms with Gasteiger partial charge in [0, 0.05) is 32.7 Å². The van der Waals surface area contributed by atoms with Gasteiger partial charge in [0.2, 0.25) is 0 Å². The van der Waals surface area contributed by atoms with Crippen LogP contribution in [0.1, 0.15) is 46.0 Å². The fourth-order valence-corrected chi connectivity index (χ4v) is 5.49. The molecule has 3 fully saturated rings. The molecule has 5 heteroatoms. The molecular weight excluding hydrogens is 304 g/mol. The van der Waals surface area contributed by atoms with Gasteiger partial charge in [-0.3, -0.25) is 9.69 Å². The highest BCUT2D eigenvalue weighted by Gasteiger charge is 2.63. The molecule has 0 radical (unpaired) electrons. The average molecular weight is 334 g/mol. The Labute approximate surface area is 144 Å². The number of rotatable bonds is 2. The van der Waals surface area contributed by atoms with Crippen molar-refractivity contribution in [3.8, 4) is 0 Å². The smallest absolute Gasteiger partial charge is 0.314 e. The number of allylic oxidation sites excluding steroid dienone is 1. The Morgan fingerprint density at radius 1 is 1.29 bits per heavy atom. The number of ether oxygens (including phenoxy) is 1. The van der Waals surface area contributed by atoms with Crippen LogP contribution in [0.4, 0.5) is 0 Å². The summed E-state index contributed by atoms with van der Waals surface area (Å²) in [6.45, 7) is 8.85. The van der Waals surface area contributed by atoms with Crippen molar-refractivity contribution in [2.75, 3.05) is 32.7 Å². The van der Waals surface area contributed by atoms with Gasteiger partial charge in [-0.15, -0.1) is 0 Å². The molecule has 0 spiro atoms. The molecule has 134 valence electrons. The van der Waals surface area contributed by atoms with Gasteiger partial charge in [-0.25, -0.2) is 0 Å². The third-order valence-electron chi connectivity index (χ3n) is 6.96. The second-order valence-corrected chi connectivity index (χ2v) is 8.52. The van der Waals surface area contributed by atoms with Crippen LogP contribution in [0.25, 0.3) is 0 Å². The molecule has 1 saturated carbocycles. The van der Waals surface area contributed by atoms with Crippen molar-refractivity contribution in [1.82, 2.24) is 10.2 Å². The lowest BCUT2D eigenvalue weighted by Gasteiger charge is -2.49. The quantitative estimate of drug-likeness (QED) is 0.591. The van der Waals surface area contributed by atoms with Gasteiger partial charge in [0.05, 0.1) is 0 Å². The highest BCUT2D eigenvalue weighted by Crippen LogP contribution is 2.57. The predicted molar refractivity (Wildman–Crippen MR) is 91.5 cm³/mol. The summed E-state index contributed by atoms with van der Waals surface area (Å²) in [5.41, 5.74) is 1.65. The largest absolute Gasteiger partial charge is 0.454 e. The van der Waals surface area contributed by atoms with Crippen molar-refractivity contribution >= 4 is 5.97 Å². The first kappa shape index (κ1) is 16.6. The molecule has 0 aromatic carbocycles. The fourth-order valence-electron chi connectivity index (χ4n) is 5.49. The molecule has 0 aromatic heterocycles. The van der Waals surface area contributed by atoms with Crippen LogP contribution in [0, 0.1) is 11.3 Å². The minimum atomic E-state index is -1.02. The van der Waals surface area contributed by atoms with Gasteiger partial charge < -0.3 is 15.2 Å². The highest BCUT2D eigenvalue weighted by atomic mass is 16.6. The lowest BCUT2D eigenvalue weighted by molar-refractivity contribution is -0.144.